The van der Waals surface area contributed by atoms with Gasteiger partial charge < -0.3 is 16.4 Å². The van der Waals surface area contributed by atoms with E-state index in [9.17, 15) is 9.18 Å². The highest BCUT2D eigenvalue weighted by Gasteiger charge is 2.21. The average Bonchev–Trinajstić information content (AvgIpc) is 2.40. The molecule has 1 fully saturated rings. The SMILES string of the molecule is CCCN1CCN(c2cc(C(N)=O)c(N)cc2F)CC1. The molecular formula is C14H21FN4O. The summed E-state index contributed by atoms with van der Waals surface area (Å²) in [5.41, 5.74) is 11.5. The minimum atomic E-state index is -0.631. The largest absolute Gasteiger partial charge is 0.398 e. The Bertz CT molecular complexity index is 498. The number of nitrogens with zero attached hydrogens (tertiary/aromatic N) is 2. The average molecular weight is 280 g/mol. The molecule has 1 aliphatic heterocycles. The van der Waals surface area contributed by atoms with Crippen LogP contribution in [-0.4, -0.2) is 43.5 Å². The third kappa shape index (κ3) is 3.01. The Labute approximate surface area is 118 Å². The number of anilines is 2. The van der Waals surface area contributed by atoms with E-state index in [2.05, 4.69) is 11.8 Å². The molecule has 20 heavy (non-hydrogen) atoms. The number of carbonyl (C=O) groups excluding carboxylic acids is 1. The van der Waals surface area contributed by atoms with Gasteiger partial charge in [-0.3, -0.25) is 9.69 Å². The summed E-state index contributed by atoms with van der Waals surface area (Å²) >= 11 is 0. The van der Waals surface area contributed by atoms with Gasteiger partial charge in [0.1, 0.15) is 5.82 Å². The number of hydrogen-bond donors (Lipinski definition) is 2. The van der Waals surface area contributed by atoms with Gasteiger partial charge in [-0.2, -0.15) is 0 Å². The molecule has 1 heterocycles. The third-order valence-corrected chi connectivity index (χ3v) is 3.64. The molecule has 110 valence electrons. The smallest absolute Gasteiger partial charge is 0.250 e. The molecular weight excluding hydrogens is 259 g/mol. The number of carbonyl (C=O) groups is 1. The lowest BCUT2D eigenvalue weighted by Gasteiger charge is -2.36. The third-order valence-electron chi connectivity index (χ3n) is 3.64. The lowest BCUT2D eigenvalue weighted by molar-refractivity contribution is 0.100. The first-order valence-corrected chi connectivity index (χ1v) is 6.89. The molecule has 2 rings (SSSR count). The fourth-order valence-corrected chi connectivity index (χ4v) is 2.56. The maximum atomic E-state index is 14.0. The van der Waals surface area contributed by atoms with Crippen molar-refractivity contribution >= 4 is 17.3 Å². The van der Waals surface area contributed by atoms with E-state index in [1.165, 1.54) is 12.1 Å². The van der Waals surface area contributed by atoms with Crippen molar-refractivity contribution in [2.45, 2.75) is 13.3 Å². The Balaban J connectivity index is 2.17. The van der Waals surface area contributed by atoms with E-state index in [4.69, 9.17) is 11.5 Å². The van der Waals surface area contributed by atoms with Gasteiger partial charge in [0.15, 0.2) is 0 Å². The van der Waals surface area contributed by atoms with Crippen LogP contribution in [0.5, 0.6) is 0 Å². The van der Waals surface area contributed by atoms with Crippen molar-refractivity contribution in [3.8, 4) is 0 Å². The number of amides is 1. The standard InChI is InChI=1S/C14H21FN4O/c1-2-3-18-4-6-19(7-5-18)13-8-10(14(17)20)12(16)9-11(13)15/h8-9H,2-7,16H2,1H3,(H2,17,20). The topological polar surface area (TPSA) is 75.6 Å². The number of nitrogen functional groups attached to an aromatic ring is 1. The number of rotatable bonds is 4. The predicted octanol–water partition coefficient (Wildman–Crippen LogP) is 1.04. The summed E-state index contributed by atoms with van der Waals surface area (Å²) in [4.78, 5) is 15.6. The highest BCUT2D eigenvalue weighted by atomic mass is 19.1. The maximum absolute atomic E-state index is 14.0. The Kier molecular flexibility index (Phi) is 4.44. The fourth-order valence-electron chi connectivity index (χ4n) is 2.56. The minimum absolute atomic E-state index is 0.0865. The monoisotopic (exact) mass is 280 g/mol. The molecule has 0 aromatic heterocycles. The van der Waals surface area contributed by atoms with Crippen LogP contribution in [0.15, 0.2) is 12.1 Å². The highest BCUT2D eigenvalue weighted by Crippen LogP contribution is 2.26. The lowest BCUT2D eigenvalue weighted by atomic mass is 10.1. The van der Waals surface area contributed by atoms with Crippen molar-refractivity contribution in [1.82, 2.24) is 4.90 Å². The fraction of sp³-hybridized carbons (Fsp3) is 0.500. The molecule has 6 heteroatoms. The van der Waals surface area contributed by atoms with Gasteiger partial charge in [0.25, 0.3) is 5.91 Å². The molecule has 1 amide bonds. The number of nitrogens with two attached hydrogens (primary N) is 2. The lowest BCUT2D eigenvalue weighted by Crippen LogP contribution is -2.46. The van der Waals surface area contributed by atoms with Crippen LogP contribution in [0.4, 0.5) is 15.8 Å². The molecule has 0 aliphatic carbocycles. The van der Waals surface area contributed by atoms with E-state index in [1.807, 2.05) is 4.90 Å². The number of primary amides is 1. The predicted molar refractivity (Wildman–Crippen MR) is 78.3 cm³/mol. The zero-order valence-electron chi connectivity index (χ0n) is 11.7. The van der Waals surface area contributed by atoms with E-state index in [1.54, 1.807) is 0 Å². The number of piperazine rings is 1. The van der Waals surface area contributed by atoms with Crippen LogP contribution >= 0.6 is 0 Å². The first kappa shape index (κ1) is 14.6. The number of hydrogen-bond acceptors (Lipinski definition) is 4. The van der Waals surface area contributed by atoms with Gasteiger partial charge in [0, 0.05) is 31.9 Å². The summed E-state index contributed by atoms with van der Waals surface area (Å²) in [5.74, 6) is -1.04. The molecule has 1 saturated heterocycles. The van der Waals surface area contributed by atoms with Crippen molar-refractivity contribution in [3.63, 3.8) is 0 Å². The number of benzene rings is 1. The summed E-state index contributed by atoms with van der Waals surface area (Å²) in [6.07, 6.45) is 1.11. The van der Waals surface area contributed by atoms with E-state index in [0.29, 0.717) is 5.69 Å². The van der Waals surface area contributed by atoms with Crippen molar-refractivity contribution in [2.24, 2.45) is 5.73 Å². The van der Waals surface area contributed by atoms with Gasteiger partial charge in [0.05, 0.1) is 11.3 Å². The molecule has 5 nitrogen and oxygen atoms in total. The molecule has 1 aromatic rings. The van der Waals surface area contributed by atoms with Crippen molar-refractivity contribution in [3.05, 3.63) is 23.5 Å². The van der Waals surface area contributed by atoms with Crippen molar-refractivity contribution in [2.75, 3.05) is 43.4 Å². The second-order valence-electron chi connectivity index (χ2n) is 5.08. The van der Waals surface area contributed by atoms with Gasteiger partial charge in [-0.05, 0) is 25.1 Å². The molecule has 0 spiro atoms. The summed E-state index contributed by atoms with van der Waals surface area (Å²) in [6, 6.07) is 2.64. The van der Waals surface area contributed by atoms with Gasteiger partial charge in [-0.15, -0.1) is 0 Å². The first-order valence-electron chi connectivity index (χ1n) is 6.89. The summed E-state index contributed by atoms with van der Waals surface area (Å²) in [7, 11) is 0. The van der Waals surface area contributed by atoms with E-state index in [-0.39, 0.29) is 11.3 Å². The number of halogens is 1. The van der Waals surface area contributed by atoms with E-state index in [0.717, 1.165) is 39.1 Å². The molecule has 4 N–H and O–H groups in total. The Morgan fingerprint density at radius 1 is 1.30 bits per heavy atom. The van der Waals surface area contributed by atoms with Crippen LogP contribution in [0, 0.1) is 5.82 Å². The van der Waals surface area contributed by atoms with Crippen LogP contribution in [0.1, 0.15) is 23.7 Å². The molecule has 0 radical (unpaired) electrons. The van der Waals surface area contributed by atoms with Crippen molar-refractivity contribution < 1.29 is 9.18 Å². The first-order chi connectivity index (χ1) is 9.52. The molecule has 1 aliphatic rings. The Morgan fingerprint density at radius 3 is 2.50 bits per heavy atom. The van der Waals surface area contributed by atoms with Gasteiger partial charge in [-0.1, -0.05) is 6.92 Å². The molecule has 1 aromatic carbocycles. The zero-order chi connectivity index (χ0) is 14.7. The van der Waals surface area contributed by atoms with Crippen LogP contribution < -0.4 is 16.4 Å². The molecule has 0 atom stereocenters. The summed E-state index contributed by atoms with van der Waals surface area (Å²) in [6.45, 7) is 6.46. The van der Waals surface area contributed by atoms with Crippen molar-refractivity contribution in [1.29, 1.82) is 0 Å². The van der Waals surface area contributed by atoms with Gasteiger partial charge >= 0.3 is 0 Å². The van der Waals surface area contributed by atoms with Crippen LogP contribution in [-0.2, 0) is 0 Å². The van der Waals surface area contributed by atoms with Crippen LogP contribution in [0.2, 0.25) is 0 Å². The Morgan fingerprint density at radius 2 is 1.95 bits per heavy atom. The van der Waals surface area contributed by atoms with Crippen LogP contribution in [0.25, 0.3) is 0 Å². The molecule has 0 bridgehead atoms. The minimum Gasteiger partial charge on any atom is -0.398 e. The summed E-state index contributed by atoms with van der Waals surface area (Å²) < 4.78 is 14.0. The van der Waals surface area contributed by atoms with Gasteiger partial charge in [-0.25, -0.2) is 4.39 Å². The normalized spacial score (nSPS) is 16.4. The zero-order valence-corrected chi connectivity index (χ0v) is 11.7. The Hall–Kier alpha value is -1.82. The summed E-state index contributed by atoms with van der Waals surface area (Å²) in [5, 5.41) is 0. The molecule has 0 saturated carbocycles. The maximum Gasteiger partial charge on any atom is 0.250 e. The second-order valence-corrected chi connectivity index (χ2v) is 5.08. The molecule has 0 unspecified atom stereocenters. The van der Waals surface area contributed by atoms with Crippen LogP contribution in [0.3, 0.4) is 0 Å². The quantitative estimate of drug-likeness (QED) is 0.808. The second kappa shape index (κ2) is 6.09. The van der Waals surface area contributed by atoms with Gasteiger partial charge in [0.2, 0.25) is 0 Å². The van der Waals surface area contributed by atoms with E-state index < -0.39 is 11.7 Å². The van der Waals surface area contributed by atoms with E-state index >= 15 is 0 Å². The highest BCUT2D eigenvalue weighted by molar-refractivity contribution is 5.99.